The van der Waals surface area contributed by atoms with E-state index in [0.29, 0.717) is 26.3 Å². The van der Waals surface area contributed by atoms with Crippen LogP contribution in [0.15, 0.2) is 18.5 Å². The number of carboxylic acids is 1. The molecule has 5 heteroatoms. The molecule has 1 aliphatic rings. The molecule has 5 nitrogen and oxygen atoms in total. The van der Waals surface area contributed by atoms with Crippen molar-refractivity contribution < 1.29 is 14.6 Å². The van der Waals surface area contributed by atoms with Gasteiger partial charge in [0, 0.05) is 25.5 Å². The Balaban J connectivity index is 1.80. The lowest BCUT2D eigenvalue weighted by Gasteiger charge is -2.37. The maximum absolute atomic E-state index is 11.0. The molecule has 1 aromatic heterocycles. The number of carboxylic acid groups (broad SMARTS) is 1. The predicted octanol–water partition coefficient (Wildman–Crippen LogP) is 0.205. The van der Waals surface area contributed by atoms with Crippen molar-refractivity contribution >= 4 is 5.97 Å². The first-order chi connectivity index (χ1) is 7.23. The predicted molar refractivity (Wildman–Crippen MR) is 53.4 cm³/mol. The highest BCUT2D eigenvalue weighted by molar-refractivity contribution is 5.76. The lowest BCUT2D eigenvalue weighted by atomic mass is 9.86. The molecule has 0 unspecified atom stereocenters. The Morgan fingerprint density at radius 3 is 2.93 bits per heavy atom. The van der Waals surface area contributed by atoms with Gasteiger partial charge in [0.1, 0.15) is 5.41 Å². The first-order valence-electron chi connectivity index (χ1n) is 4.86. The van der Waals surface area contributed by atoms with Crippen molar-refractivity contribution in [1.29, 1.82) is 0 Å². The molecular formula is C10H14N2O3. The van der Waals surface area contributed by atoms with Crippen molar-refractivity contribution in [3.8, 4) is 0 Å². The van der Waals surface area contributed by atoms with Crippen LogP contribution in [-0.4, -0.2) is 35.8 Å². The van der Waals surface area contributed by atoms with E-state index in [1.165, 1.54) is 0 Å². The Kier molecular flexibility index (Phi) is 2.75. The number of H-pyrrole nitrogens is 1. The molecule has 2 heterocycles. The van der Waals surface area contributed by atoms with E-state index in [1.807, 2.05) is 18.5 Å². The monoisotopic (exact) mass is 210 g/mol. The van der Waals surface area contributed by atoms with Crippen LogP contribution >= 0.6 is 0 Å². The number of aliphatic carboxylic acids is 1. The van der Waals surface area contributed by atoms with Gasteiger partial charge in [0.05, 0.1) is 13.2 Å². The Morgan fingerprint density at radius 1 is 1.67 bits per heavy atom. The SMILES string of the molecule is O=C(O)C1(CNCc2cc[nH]c2)COC1. The maximum Gasteiger partial charge on any atom is 0.315 e. The number of aromatic nitrogens is 1. The zero-order valence-corrected chi connectivity index (χ0v) is 8.32. The van der Waals surface area contributed by atoms with Gasteiger partial charge in [-0.1, -0.05) is 0 Å². The summed E-state index contributed by atoms with van der Waals surface area (Å²) in [6.45, 7) is 1.75. The highest BCUT2D eigenvalue weighted by atomic mass is 16.5. The highest BCUT2D eigenvalue weighted by Crippen LogP contribution is 2.26. The van der Waals surface area contributed by atoms with Crippen LogP contribution in [0.5, 0.6) is 0 Å². The number of carbonyl (C=O) groups is 1. The fourth-order valence-electron chi connectivity index (χ4n) is 1.56. The van der Waals surface area contributed by atoms with Crippen LogP contribution in [-0.2, 0) is 16.1 Å². The minimum Gasteiger partial charge on any atom is -0.481 e. The van der Waals surface area contributed by atoms with E-state index in [2.05, 4.69) is 10.3 Å². The Bertz CT molecular complexity index is 330. The number of ether oxygens (including phenoxy) is 1. The molecule has 0 saturated carbocycles. The molecule has 0 aliphatic carbocycles. The van der Waals surface area contributed by atoms with Crippen LogP contribution in [0, 0.1) is 5.41 Å². The van der Waals surface area contributed by atoms with Crippen LogP contribution in [0.3, 0.4) is 0 Å². The quantitative estimate of drug-likeness (QED) is 0.649. The second kappa shape index (κ2) is 4.04. The van der Waals surface area contributed by atoms with Crippen molar-refractivity contribution in [3.05, 3.63) is 24.0 Å². The van der Waals surface area contributed by atoms with Gasteiger partial charge in [-0.15, -0.1) is 0 Å². The Labute approximate surface area is 87.4 Å². The summed E-state index contributed by atoms with van der Waals surface area (Å²) in [5, 5.41) is 12.1. The van der Waals surface area contributed by atoms with E-state index in [0.717, 1.165) is 5.56 Å². The summed E-state index contributed by atoms with van der Waals surface area (Å²) in [5.41, 5.74) is 0.409. The maximum atomic E-state index is 11.0. The number of aromatic amines is 1. The third kappa shape index (κ3) is 2.03. The van der Waals surface area contributed by atoms with Crippen molar-refractivity contribution in [2.45, 2.75) is 6.54 Å². The normalized spacial score (nSPS) is 18.4. The van der Waals surface area contributed by atoms with Gasteiger partial charge in [-0.25, -0.2) is 0 Å². The third-order valence-corrected chi connectivity index (χ3v) is 2.67. The van der Waals surface area contributed by atoms with Gasteiger partial charge in [-0.3, -0.25) is 4.79 Å². The first kappa shape index (κ1) is 10.2. The minimum absolute atomic E-state index is 0.308. The molecule has 1 aromatic rings. The van der Waals surface area contributed by atoms with Gasteiger partial charge in [0.2, 0.25) is 0 Å². The van der Waals surface area contributed by atoms with E-state index in [-0.39, 0.29) is 0 Å². The Hall–Kier alpha value is -1.33. The molecule has 0 aromatic carbocycles. The van der Waals surface area contributed by atoms with Crippen molar-refractivity contribution in [2.24, 2.45) is 5.41 Å². The minimum atomic E-state index is -0.782. The summed E-state index contributed by atoms with van der Waals surface area (Å²) in [5.74, 6) is -0.782. The number of nitrogens with one attached hydrogen (secondary N) is 2. The Morgan fingerprint density at radius 2 is 2.47 bits per heavy atom. The van der Waals surface area contributed by atoms with Crippen LogP contribution in [0.1, 0.15) is 5.56 Å². The molecule has 3 N–H and O–H groups in total. The summed E-state index contributed by atoms with van der Waals surface area (Å²) in [6.07, 6.45) is 3.73. The van der Waals surface area contributed by atoms with Gasteiger partial charge in [-0.2, -0.15) is 0 Å². The van der Waals surface area contributed by atoms with Crippen molar-refractivity contribution in [2.75, 3.05) is 19.8 Å². The second-order valence-electron chi connectivity index (χ2n) is 3.90. The van der Waals surface area contributed by atoms with Crippen LogP contribution < -0.4 is 5.32 Å². The molecule has 0 amide bonds. The molecule has 0 radical (unpaired) electrons. The van der Waals surface area contributed by atoms with Gasteiger partial charge < -0.3 is 20.1 Å². The zero-order chi connectivity index (χ0) is 10.7. The van der Waals surface area contributed by atoms with Crippen LogP contribution in [0.25, 0.3) is 0 Å². The molecule has 15 heavy (non-hydrogen) atoms. The zero-order valence-electron chi connectivity index (χ0n) is 8.32. The number of rotatable bonds is 5. The summed E-state index contributed by atoms with van der Waals surface area (Å²) >= 11 is 0. The average molecular weight is 210 g/mol. The number of hydrogen-bond acceptors (Lipinski definition) is 3. The van der Waals surface area contributed by atoms with Crippen molar-refractivity contribution in [3.63, 3.8) is 0 Å². The smallest absolute Gasteiger partial charge is 0.315 e. The topological polar surface area (TPSA) is 74.4 Å². The molecule has 0 spiro atoms. The fourth-order valence-corrected chi connectivity index (χ4v) is 1.56. The molecule has 1 aliphatic heterocycles. The van der Waals surface area contributed by atoms with Crippen LogP contribution in [0.2, 0.25) is 0 Å². The van der Waals surface area contributed by atoms with E-state index in [9.17, 15) is 4.79 Å². The molecule has 82 valence electrons. The number of hydrogen-bond donors (Lipinski definition) is 3. The van der Waals surface area contributed by atoms with E-state index >= 15 is 0 Å². The molecule has 1 fully saturated rings. The molecular weight excluding hydrogens is 196 g/mol. The highest BCUT2D eigenvalue weighted by Gasteiger charge is 2.45. The van der Waals surface area contributed by atoms with E-state index in [4.69, 9.17) is 9.84 Å². The van der Waals surface area contributed by atoms with Crippen molar-refractivity contribution in [1.82, 2.24) is 10.3 Å². The summed E-state index contributed by atoms with van der Waals surface area (Å²) in [6, 6.07) is 1.96. The fraction of sp³-hybridized carbons (Fsp3) is 0.500. The van der Waals surface area contributed by atoms with E-state index < -0.39 is 11.4 Å². The lowest BCUT2D eigenvalue weighted by molar-refractivity contribution is -0.178. The molecule has 2 rings (SSSR count). The van der Waals surface area contributed by atoms with E-state index in [1.54, 1.807) is 0 Å². The standard InChI is InChI=1S/C10H14N2O3/c13-9(14)10(6-15-7-10)5-12-4-8-1-2-11-3-8/h1-3,11-12H,4-7H2,(H,13,14). The van der Waals surface area contributed by atoms with Gasteiger partial charge in [0.25, 0.3) is 0 Å². The average Bonchev–Trinajstić information content (AvgIpc) is 2.61. The largest absolute Gasteiger partial charge is 0.481 e. The summed E-state index contributed by atoms with van der Waals surface area (Å²) in [7, 11) is 0. The lowest BCUT2D eigenvalue weighted by Crippen LogP contribution is -2.54. The van der Waals surface area contributed by atoms with Gasteiger partial charge >= 0.3 is 5.97 Å². The van der Waals surface area contributed by atoms with Gasteiger partial charge in [-0.05, 0) is 11.6 Å². The van der Waals surface area contributed by atoms with Crippen LogP contribution in [0.4, 0.5) is 0 Å². The second-order valence-corrected chi connectivity index (χ2v) is 3.90. The molecule has 0 bridgehead atoms. The summed E-state index contributed by atoms with van der Waals surface area (Å²) < 4.78 is 4.96. The molecule has 1 saturated heterocycles. The summed E-state index contributed by atoms with van der Waals surface area (Å²) in [4.78, 5) is 13.9. The third-order valence-electron chi connectivity index (χ3n) is 2.67. The first-order valence-corrected chi connectivity index (χ1v) is 4.86. The van der Waals surface area contributed by atoms with Gasteiger partial charge in [0.15, 0.2) is 0 Å². The molecule has 0 atom stereocenters.